The topological polar surface area (TPSA) is 131 Å². The number of fused-ring (bicyclic) bond motifs is 1. The molecule has 3 N–H and O–H groups in total. The highest BCUT2D eigenvalue weighted by Gasteiger charge is 2.31. The van der Waals surface area contributed by atoms with E-state index in [0.29, 0.717) is 24.7 Å². The summed E-state index contributed by atoms with van der Waals surface area (Å²) in [6.45, 7) is 8.22. The first-order valence-electron chi connectivity index (χ1n) is 11.6. The Hall–Kier alpha value is -3.22. The zero-order chi connectivity index (χ0) is 23.5. The van der Waals surface area contributed by atoms with Crippen LogP contribution in [0.15, 0.2) is 24.5 Å². The van der Waals surface area contributed by atoms with Gasteiger partial charge in [0.2, 0.25) is 0 Å². The summed E-state index contributed by atoms with van der Waals surface area (Å²) < 4.78 is 18.5. The minimum Gasteiger partial charge on any atom is -0.444 e. The van der Waals surface area contributed by atoms with Gasteiger partial charge >= 0.3 is 6.09 Å². The molecular weight excluding hydrogens is 440 g/mol. The normalized spacial score (nSPS) is 21.3. The molecule has 2 saturated heterocycles. The minimum absolute atomic E-state index is 0.0242. The van der Waals surface area contributed by atoms with Crippen LogP contribution in [0.3, 0.4) is 0 Å². The fraction of sp³-hybridized carbons (Fsp3) is 0.545. The van der Waals surface area contributed by atoms with E-state index in [1.165, 1.54) is 0 Å². The monoisotopic (exact) mass is 470 g/mol. The summed E-state index contributed by atoms with van der Waals surface area (Å²) in [7, 11) is 0. The van der Waals surface area contributed by atoms with E-state index in [9.17, 15) is 4.79 Å². The van der Waals surface area contributed by atoms with Gasteiger partial charge in [0.15, 0.2) is 11.6 Å². The number of aromatic amines is 1. The van der Waals surface area contributed by atoms with Crippen molar-refractivity contribution in [3.05, 3.63) is 35.9 Å². The van der Waals surface area contributed by atoms with Crippen LogP contribution in [0.4, 0.5) is 16.4 Å². The van der Waals surface area contributed by atoms with Crippen LogP contribution in [0.1, 0.15) is 37.8 Å². The first kappa shape index (κ1) is 22.6. The maximum Gasteiger partial charge on any atom is 0.407 e. The molecule has 5 heterocycles. The minimum atomic E-state index is -0.427. The van der Waals surface area contributed by atoms with Crippen LogP contribution in [-0.2, 0) is 20.8 Å². The van der Waals surface area contributed by atoms with Gasteiger partial charge in [-0.2, -0.15) is 10.2 Å². The quantitative estimate of drug-likeness (QED) is 0.474. The van der Waals surface area contributed by atoms with E-state index in [0.717, 1.165) is 49.8 Å². The average molecular weight is 471 g/mol. The Morgan fingerprint density at radius 2 is 2.18 bits per heavy atom. The zero-order valence-electron chi connectivity index (χ0n) is 19.4. The molecule has 0 spiro atoms. The van der Waals surface area contributed by atoms with Crippen LogP contribution < -0.4 is 10.6 Å². The van der Waals surface area contributed by atoms with E-state index in [-0.39, 0.29) is 18.2 Å². The molecule has 12 heteroatoms. The van der Waals surface area contributed by atoms with Gasteiger partial charge in [-0.25, -0.2) is 14.3 Å². The fourth-order valence-corrected chi connectivity index (χ4v) is 4.14. The molecule has 0 aliphatic carbocycles. The van der Waals surface area contributed by atoms with Crippen LogP contribution in [0.25, 0.3) is 5.52 Å². The average Bonchev–Trinajstić information content (AvgIpc) is 3.54. The van der Waals surface area contributed by atoms with E-state index < -0.39 is 6.09 Å². The zero-order valence-corrected chi connectivity index (χ0v) is 19.4. The number of alkyl carbamates (subject to hydrolysis) is 1. The second-order valence-electron chi connectivity index (χ2n) is 8.85. The third kappa shape index (κ3) is 5.29. The lowest BCUT2D eigenvalue weighted by atomic mass is 10.1. The molecule has 2 aliphatic rings. The Labute approximate surface area is 197 Å². The standard InChI is InChI=1S/C22H30N8O4/c1-14(2)24-22(31)34-16-10-19(33-13-16)17-11-20(27-26-17)25-21-18-9-15(28-30(18)4-3-23-21)12-29-5-7-32-8-6-29/h3-4,9,11,14,16,19H,5-8,10,12-13H2,1-2H3,(H,24,31)(H2,23,25,26,27). The molecule has 1 amide bonds. The number of nitrogens with one attached hydrogen (secondary N) is 3. The van der Waals surface area contributed by atoms with Crippen molar-refractivity contribution in [2.24, 2.45) is 0 Å². The van der Waals surface area contributed by atoms with E-state index in [1.807, 2.05) is 36.7 Å². The van der Waals surface area contributed by atoms with E-state index >= 15 is 0 Å². The summed E-state index contributed by atoms with van der Waals surface area (Å²) in [5, 5.41) is 18.1. The molecule has 0 aromatic carbocycles. The predicted molar refractivity (Wildman–Crippen MR) is 123 cm³/mol. The fourth-order valence-electron chi connectivity index (χ4n) is 4.14. The number of anilines is 2. The van der Waals surface area contributed by atoms with Crippen molar-refractivity contribution in [2.45, 2.75) is 45.1 Å². The number of carbonyl (C=O) groups excluding carboxylic acids is 1. The number of hydrogen-bond acceptors (Lipinski definition) is 9. The third-order valence-electron chi connectivity index (χ3n) is 5.76. The molecule has 2 fully saturated rings. The summed E-state index contributed by atoms with van der Waals surface area (Å²) in [5.74, 6) is 1.29. The lowest BCUT2D eigenvalue weighted by molar-refractivity contribution is 0.0336. The van der Waals surface area contributed by atoms with Crippen LogP contribution in [-0.4, -0.2) is 80.8 Å². The van der Waals surface area contributed by atoms with Gasteiger partial charge in [0.25, 0.3) is 0 Å². The molecule has 5 rings (SSSR count). The summed E-state index contributed by atoms with van der Waals surface area (Å²) in [6.07, 6.45) is 3.16. The van der Waals surface area contributed by atoms with E-state index in [4.69, 9.17) is 14.2 Å². The first-order chi connectivity index (χ1) is 16.5. The highest BCUT2D eigenvalue weighted by Crippen LogP contribution is 2.31. The van der Waals surface area contributed by atoms with Crippen molar-refractivity contribution in [1.82, 2.24) is 35.0 Å². The van der Waals surface area contributed by atoms with Crippen LogP contribution in [0, 0.1) is 0 Å². The molecule has 3 aromatic heterocycles. The molecule has 0 radical (unpaired) electrons. The second-order valence-corrected chi connectivity index (χ2v) is 8.85. The van der Waals surface area contributed by atoms with Crippen LogP contribution >= 0.6 is 0 Å². The van der Waals surface area contributed by atoms with Crippen molar-refractivity contribution in [1.29, 1.82) is 0 Å². The Morgan fingerprint density at radius 1 is 1.32 bits per heavy atom. The number of aromatic nitrogens is 5. The van der Waals surface area contributed by atoms with Gasteiger partial charge < -0.3 is 24.8 Å². The number of H-pyrrole nitrogens is 1. The molecular formula is C22H30N8O4. The predicted octanol–water partition coefficient (Wildman–Crippen LogP) is 1.99. The van der Waals surface area contributed by atoms with Gasteiger partial charge in [-0.15, -0.1) is 0 Å². The number of amides is 1. The lowest BCUT2D eigenvalue weighted by Gasteiger charge is -2.25. The number of morpholine rings is 1. The molecule has 2 unspecified atom stereocenters. The molecule has 2 aliphatic heterocycles. The Morgan fingerprint density at radius 3 is 3.00 bits per heavy atom. The number of nitrogens with zero attached hydrogens (tertiary/aromatic N) is 5. The maximum atomic E-state index is 11.8. The maximum absolute atomic E-state index is 11.8. The number of hydrogen-bond donors (Lipinski definition) is 3. The summed E-state index contributed by atoms with van der Waals surface area (Å²) in [4.78, 5) is 18.7. The molecule has 2 atom stereocenters. The molecule has 12 nitrogen and oxygen atoms in total. The Bertz CT molecular complexity index is 1120. The Balaban J connectivity index is 1.22. The van der Waals surface area contributed by atoms with Crippen molar-refractivity contribution in [2.75, 3.05) is 38.2 Å². The van der Waals surface area contributed by atoms with E-state index in [2.05, 4.69) is 35.8 Å². The molecule has 182 valence electrons. The van der Waals surface area contributed by atoms with Crippen molar-refractivity contribution >= 4 is 23.2 Å². The van der Waals surface area contributed by atoms with Crippen molar-refractivity contribution in [3.8, 4) is 0 Å². The summed E-state index contributed by atoms with van der Waals surface area (Å²) in [5.41, 5.74) is 2.66. The van der Waals surface area contributed by atoms with Crippen molar-refractivity contribution < 1.29 is 19.0 Å². The van der Waals surface area contributed by atoms with Gasteiger partial charge in [0.1, 0.15) is 17.7 Å². The molecule has 34 heavy (non-hydrogen) atoms. The number of rotatable bonds is 7. The van der Waals surface area contributed by atoms with Crippen molar-refractivity contribution in [3.63, 3.8) is 0 Å². The molecule has 0 saturated carbocycles. The van der Waals surface area contributed by atoms with Crippen LogP contribution in [0.2, 0.25) is 0 Å². The van der Waals surface area contributed by atoms with E-state index in [1.54, 1.807) is 6.20 Å². The molecule has 3 aromatic rings. The summed E-state index contributed by atoms with van der Waals surface area (Å²) >= 11 is 0. The van der Waals surface area contributed by atoms with Gasteiger partial charge in [0, 0.05) is 50.6 Å². The number of carbonyl (C=O) groups is 1. The molecule has 0 bridgehead atoms. The third-order valence-corrected chi connectivity index (χ3v) is 5.76. The lowest BCUT2D eigenvalue weighted by Crippen LogP contribution is -2.35. The van der Waals surface area contributed by atoms with Crippen LogP contribution in [0.5, 0.6) is 0 Å². The largest absolute Gasteiger partial charge is 0.444 e. The van der Waals surface area contributed by atoms with Gasteiger partial charge in [-0.05, 0) is 19.9 Å². The highest BCUT2D eigenvalue weighted by atomic mass is 16.6. The second kappa shape index (κ2) is 9.95. The number of ether oxygens (including phenoxy) is 3. The first-order valence-corrected chi connectivity index (χ1v) is 11.6. The van der Waals surface area contributed by atoms with Gasteiger partial charge in [0.05, 0.1) is 31.2 Å². The van der Waals surface area contributed by atoms with Gasteiger partial charge in [-0.1, -0.05) is 0 Å². The highest BCUT2D eigenvalue weighted by molar-refractivity contribution is 5.72. The Kier molecular flexibility index (Phi) is 6.61. The van der Waals surface area contributed by atoms with Gasteiger partial charge in [-0.3, -0.25) is 10.00 Å². The summed E-state index contributed by atoms with van der Waals surface area (Å²) in [6, 6.07) is 3.95. The SMILES string of the molecule is CC(C)NC(=O)OC1COC(c2cc(Nc3nccn4nc(CN5CCOCC5)cc34)n[nH]2)C1. The smallest absolute Gasteiger partial charge is 0.407 e.